The van der Waals surface area contributed by atoms with Gasteiger partial charge >= 0.3 is 0 Å². The van der Waals surface area contributed by atoms with Crippen molar-refractivity contribution in [2.75, 3.05) is 46.3 Å². The van der Waals surface area contributed by atoms with Gasteiger partial charge in [-0.05, 0) is 18.9 Å². The number of fused-ring (bicyclic) bond motifs is 1. The molecule has 1 saturated heterocycles. The predicted molar refractivity (Wildman–Crippen MR) is 114 cm³/mol. The van der Waals surface area contributed by atoms with Crippen LogP contribution in [0.4, 0.5) is 5.95 Å². The van der Waals surface area contributed by atoms with Gasteiger partial charge in [0.05, 0.1) is 25.1 Å². The molecule has 4 rings (SSSR count). The van der Waals surface area contributed by atoms with E-state index in [1.54, 1.807) is 16.0 Å². The van der Waals surface area contributed by atoms with E-state index in [0.29, 0.717) is 54.3 Å². The number of carbonyl (C=O) groups excluding carboxylic acids is 1. The molecule has 1 fully saturated rings. The molecule has 3 aromatic rings. The van der Waals surface area contributed by atoms with E-state index in [9.17, 15) is 9.59 Å². The van der Waals surface area contributed by atoms with Crippen LogP contribution in [-0.2, 0) is 0 Å². The first-order valence-electron chi connectivity index (χ1n) is 9.99. The Morgan fingerprint density at radius 1 is 1.26 bits per heavy atom. The zero-order chi connectivity index (χ0) is 22.1. The number of rotatable bonds is 5. The summed E-state index contributed by atoms with van der Waals surface area (Å²) >= 11 is 0. The van der Waals surface area contributed by atoms with Crippen LogP contribution in [0.5, 0.6) is 11.5 Å². The van der Waals surface area contributed by atoms with Gasteiger partial charge in [-0.3, -0.25) is 9.59 Å². The van der Waals surface area contributed by atoms with E-state index in [0.717, 1.165) is 5.69 Å². The van der Waals surface area contributed by atoms with E-state index in [1.165, 1.54) is 20.5 Å². The SMILES string of the molecule is COc1coc(C(=O)N2CCC(c3cc4nc(N(C)C)ncc4c(=O)[nH]3)CC2)c1OC. The van der Waals surface area contributed by atoms with Crippen LogP contribution in [0.3, 0.4) is 0 Å². The largest absolute Gasteiger partial charge is 0.490 e. The number of nitrogens with zero attached hydrogens (tertiary/aromatic N) is 4. The van der Waals surface area contributed by atoms with Gasteiger partial charge in [-0.2, -0.15) is 0 Å². The van der Waals surface area contributed by atoms with Crippen molar-refractivity contribution in [2.24, 2.45) is 0 Å². The molecule has 1 aliphatic heterocycles. The third kappa shape index (κ3) is 3.80. The van der Waals surface area contributed by atoms with E-state index in [4.69, 9.17) is 13.9 Å². The van der Waals surface area contributed by atoms with Crippen molar-refractivity contribution in [2.45, 2.75) is 18.8 Å². The number of carbonyl (C=O) groups is 1. The Morgan fingerprint density at radius 3 is 2.65 bits per heavy atom. The molecular weight excluding hydrogens is 402 g/mol. The molecule has 0 aliphatic carbocycles. The van der Waals surface area contributed by atoms with Crippen molar-refractivity contribution >= 4 is 22.8 Å². The maximum absolute atomic E-state index is 12.9. The van der Waals surface area contributed by atoms with Crippen LogP contribution in [0.2, 0.25) is 0 Å². The lowest BCUT2D eigenvalue weighted by molar-refractivity contribution is 0.0675. The molecule has 1 amide bonds. The van der Waals surface area contributed by atoms with Crippen LogP contribution >= 0.6 is 0 Å². The Hall–Kier alpha value is -3.56. The number of ether oxygens (including phenoxy) is 2. The average Bonchev–Trinajstić information content (AvgIpc) is 3.21. The summed E-state index contributed by atoms with van der Waals surface area (Å²) in [4.78, 5) is 40.6. The summed E-state index contributed by atoms with van der Waals surface area (Å²) in [6.45, 7) is 1.06. The number of methoxy groups -OCH3 is 2. The summed E-state index contributed by atoms with van der Waals surface area (Å²) in [5.74, 6) is 1.23. The summed E-state index contributed by atoms with van der Waals surface area (Å²) in [5, 5.41) is 0.459. The minimum atomic E-state index is -0.242. The molecular formula is C21H25N5O5. The van der Waals surface area contributed by atoms with Crippen LogP contribution in [0.25, 0.3) is 10.9 Å². The summed E-state index contributed by atoms with van der Waals surface area (Å²) < 4.78 is 15.8. The zero-order valence-corrected chi connectivity index (χ0v) is 18.0. The molecule has 0 unspecified atom stereocenters. The molecule has 10 heteroatoms. The molecule has 0 spiro atoms. The second-order valence-corrected chi connectivity index (χ2v) is 7.65. The highest BCUT2D eigenvalue weighted by molar-refractivity contribution is 5.95. The topological polar surface area (TPSA) is 114 Å². The quantitative estimate of drug-likeness (QED) is 0.658. The van der Waals surface area contributed by atoms with Crippen LogP contribution in [0.1, 0.15) is 35.0 Å². The molecule has 10 nitrogen and oxygen atoms in total. The van der Waals surface area contributed by atoms with E-state index < -0.39 is 0 Å². The summed E-state index contributed by atoms with van der Waals surface area (Å²) in [6.07, 6.45) is 4.33. The van der Waals surface area contributed by atoms with Gasteiger partial charge in [0.2, 0.25) is 17.5 Å². The molecule has 4 heterocycles. The van der Waals surface area contributed by atoms with Crippen LogP contribution in [-0.4, -0.2) is 67.2 Å². The average molecular weight is 427 g/mol. The van der Waals surface area contributed by atoms with Gasteiger partial charge in [0.25, 0.3) is 11.5 Å². The first kappa shape index (κ1) is 20.7. The second-order valence-electron chi connectivity index (χ2n) is 7.65. The highest BCUT2D eigenvalue weighted by Gasteiger charge is 2.30. The van der Waals surface area contributed by atoms with Gasteiger partial charge in [-0.1, -0.05) is 0 Å². The first-order valence-corrected chi connectivity index (χ1v) is 9.99. The minimum Gasteiger partial charge on any atom is -0.490 e. The number of hydrogen-bond acceptors (Lipinski definition) is 8. The number of anilines is 1. The highest BCUT2D eigenvalue weighted by Crippen LogP contribution is 2.35. The predicted octanol–water partition coefficient (Wildman–Crippen LogP) is 2.01. The Bertz CT molecular complexity index is 1160. The van der Waals surface area contributed by atoms with E-state index >= 15 is 0 Å². The number of piperidine rings is 1. The summed E-state index contributed by atoms with van der Waals surface area (Å²) in [5.41, 5.74) is 1.23. The van der Waals surface area contributed by atoms with Crippen molar-refractivity contribution in [3.63, 3.8) is 0 Å². The summed E-state index contributed by atoms with van der Waals surface area (Å²) in [7, 11) is 6.67. The molecule has 0 aromatic carbocycles. The second kappa shape index (κ2) is 8.29. The van der Waals surface area contributed by atoms with Crippen molar-refractivity contribution in [3.8, 4) is 11.5 Å². The molecule has 1 N–H and O–H groups in total. The lowest BCUT2D eigenvalue weighted by Gasteiger charge is -2.31. The smallest absolute Gasteiger partial charge is 0.293 e. The van der Waals surface area contributed by atoms with Crippen LogP contribution in [0, 0.1) is 0 Å². The van der Waals surface area contributed by atoms with Crippen LogP contribution < -0.4 is 19.9 Å². The monoisotopic (exact) mass is 427 g/mol. The fourth-order valence-corrected chi connectivity index (χ4v) is 3.84. The van der Waals surface area contributed by atoms with Gasteiger partial charge in [-0.25, -0.2) is 9.97 Å². The third-order valence-corrected chi connectivity index (χ3v) is 5.55. The lowest BCUT2D eigenvalue weighted by Crippen LogP contribution is -2.38. The molecule has 3 aromatic heterocycles. The number of hydrogen-bond donors (Lipinski definition) is 1. The van der Waals surface area contributed by atoms with E-state index in [1.807, 2.05) is 20.2 Å². The Kier molecular flexibility index (Phi) is 5.53. The highest BCUT2D eigenvalue weighted by atomic mass is 16.5. The van der Waals surface area contributed by atoms with E-state index in [-0.39, 0.29) is 23.1 Å². The van der Waals surface area contributed by atoms with Gasteiger partial charge in [0.15, 0.2) is 5.75 Å². The van der Waals surface area contributed by atoms with Crippen molar-refractivity contribution in [3.05, 3.63) is 40.3 Å². The molecule has 164 valence electrons. The van der Waals surface area contributed by atoms with Gasteiger partial charge < -0.3 is 28.7 Å². The normalized spacial score (nSPS) is 14.6. The Morgan fingerprint density at radius 2 is 2.00 bits per heavy atom. The number of H-pyrrole nitrogens is 1. The molecule has 31 heavy (non-hydrogen) atoms. The standard InChI is InChI=1S/C21H25N5O5/c1-25(2)21-22-10-13-15(24-21)9-14(23-19(13)27)12-5-7-26(8-6-12)20(28)18-17(30-4)16(29-3)11-31-18/h9-12H,5-8H2,1-4H3,(H,23,27). The van der Waals surface area contributed by atoms with Crippen molar-refractivity contribution in [1.29, 1.82) is 0 Å². The molecule has 0 atom stereocenters. The van der Waals surface area contributed by atoms with Gasteiger partial charge in [0.1, 0.15) is 6.26 Å². The Balaban J connectivity index is 1.52. The Labute approximate surface area is 178 Å². The van der Waals surface area contributed by atoms with Gasteiger partial charge in [-0.15, -0.1) is 0 Å². The zero-order valence-electron chi connectivity index (χ0n) is 18.0. The molecule has 1 aliphatic rings. The van der Waals surface area contributed by atoms with Crippen molar-refractivity contribution in [1.82, 2.24) is 19.9 Å². The first-order chi connectivity index (χ1) is 14.9. The number of aromatic nitrogens is 3. The maximum atomic E-state index is 12.9. The van der Waals surface area contributed by atoms with Crippen LogP contribution in [0.15, 0.2) is 27.7 Å². The number of nitrogens with one attached hydrogen (secondary N) is 1. The fourth-order valence-electron chi connectivity index (χ4n) is 3.84. The fraction of sp³-hybridized carbons (Fsp3) is 0.429. The lowest BCUT2D eigenvalue weighted by atomic mass is 9.92. The third-order valence-electron chi connectivity index (χ3n) is 5.55. The summed E-state index contributed by atoms with van der Waals surface area (Å²) in [6, 6.07) is 1.91. The molecule has 0 bridgehead atoms. The van der Waals surface area contributed by atoms with E-state index in [2.05, 4.69) is 15.0 Å². The maximum Gasteiger partial charge on any atom is 0.293 e. The number of amides is 1. The molecule has 0 saturated carbocycles. The number of furan rings is 1. The molecule has 0 radical (unpaired) electrons. The number of likely N-dealkylation sites (tertiary alicyclic amines) is 1. The number of pyridine rings is 1. The van der Waals surface area contributed by atoms with Crippen molar-refractivity contribution < 1.29 is 18.7 Å². The number of aromatic amines is 1. The minimum absolute atomic E-state index is 0.118. The van der Waals surface area contributed by atoms with Gasteiger partial charge in [0, 0.05) is 45.0 Å².